The SMILES string of the molecule is NC(=O)CCC(CCCOCC[Se]c1ccccc1)C(=O)O. The number of ether oxygens (including phenoxy) is 1. The van der Waals surface area contributed by atoms with Gasteiger partial charge in [0.25, 0.3) is 0 Å². The molecule has 1 aromatic rings. The molecule has 1 unspecified atom stereocenters. The van der Waals surface area contributed by atoms with Gasteiger partial charge in [-0.15, -0.1) is 0 Å². The molecule has 0 aromatic heterocycles. The van der Waals surface area contributed by atoms with Crippen molar-refractivity contribution in [2.75, 3.05) is 13.2 Å². The molecule has 0 bridgehead atoms. The topological polar surface area (TPSA) is 89.6 Å². The fraction of sp³-hybridized carbons (Fsp3) is 0.500. The van der Waals surface area contributed by atoms with Crippen molar-refractivity contribution in [3.05, 3.63) is 30.3 Å². The molecule has 0 aliphatic carbocycles. The molecule has 0 heterocycles. The van der Waals surface area contributed by atoms with Gasteiger partial charge >= 0.3 is 137 Å². The number of rotatable bonds is 12. The van der Waals surface area contributed by atoms with Crippen LogP contribution in [0.15, 0.2) is 30.3 Å². The normalized spacial score (nSPS) is 12.0. The molecule has 0 aliphatic rings. The number of hydrogen-bond donors (Lipinski definition) is 2. The number of hydrogen-bond acceptors (Lipinski definition) is 3. The summed E-state index contributed by atoms with van der Waals surface area (Å²) >= 11 is 0.423. The van der Waals surface area contributed by atoms with Crippen LogP contribution in [0.3, 0.4) is 0 Å². The Labute approximate surface area is 137 Å². The van der Waals surface area contributed by atoms with Crippen molar-refractivity contribution in [2.45, 2.75) is 31.0 Å². The van der Waals surface area contributed by atoms with Crippen LogP contribution < -0.4 is 10.2 Å². The van der Waals surface area contributed by atoms with Gasteiger partial charge in [-0.2, -0.15) is 0 Å². The molecular weight excluding hydrogens is 349 g/mol. The van der Waals surface area contributed by atoms with Gasteiger partial charge < -0.3 is 0 Å². The maximum atomic E-state index is 11.0. The molecule has 0 saturated heterocycles. The second kappa shape index (κ2) is 11.2. The van der Waals surface area contributed by atoms with Crippen LogP contribution >= 0.6 is 0 Å². The fourth-order valence-corrected chi connectivity index (χ4v) is 3.63. The zero-order valence-corrected chi connectivity index (χ0v) is 14.3. The molecule has 0 radical (unpaired) electrons. The summed E-state index contributed by atoms with van der Waals surface area (Å²) in [4.78, 5) is 21.7. The molecule has 3 N–H and O–H groups in total. The third kappa shape index (κ3) is 8.82. The van der Waals surface area contributed by atoms with Gasteiger partial charge in [-0.05, 0) is 0 Å². The first-order chi connectivity index (χ1) is 10.6. The van der Waals surface area contributed by atoms with E-state index in [0.29, 0.717) is 47.4 Å². The molecule has 6 heteroatoms. The Balaban J connectivity index is 2.05. The van der Waals surface area contributed by atoms with Crippen LogP contribution in [0.4, 0.5) is 0 Å². The quantitative estimate of drug-likeness (QED) is 0.426. The van der Waals surface area contributed by atoms with Crippen LogP contribution in [-0.4, -0.2) is 45.2 Å². The van der Waals surface area contributed by atoms with Gasteiger partial charge in [0.2, 0.25) is 0 Å². The Bertz CT molecular complexity index is 453. The molecule has 0 aliphatic heterocycles. The van der Waals surface area contributed by atoms with Gasteiger partial charge in [-0.3, -0.25) is 0 Å². The molecule has 5 nitrogen and oxygen atoms in total. The van der Waals surface area contributed by atoms with Crippen molar-refractivity contribution in [1.82, 2.24) is 0 Å². The first-order valence-electron chi connectivity index (χ1n) is 7.36. The zero-order chi connectivity index (χ0) is 16.2. The number of benzene rings is 1. The molecule has 1 rings (SSSR count). The summed E-state index contributed by atoms with van der Waals surface area (Å²) in [7, 11) is 0. The van der Waals surface area contributed by atoms with Crippen molar-refractivity contribution < 1.29 is 19.4 Å². The van der Waals surface area contributed by atoms with Crippen molar-refractivity contribution in [3.8, 4) is 0 Å². The first kappa shape index (κ1) is 18.7. The van der Waals surface area contributed by atoms with Gasteiger partial charge in [0.1, 0.15) is 0 Å². The number of carboxylic acids is 1. The summed E-state index contributed by atoms with van der Waals surface area (Å²) in [5.74, 6) is -1.83. The zero-order valence-electron chi connectivity index (χ0n) is 12.6. The minimum absolute atomic E-state index is 0.122. The molecule has 1 atom stereocenters. The molecule has 1 aromatic carbocycles. The van der Waals surface area contributed by atoms with E-state index in [9.17, 15) is 9.59 Å². The van der Waals surface area contributed by atoms with E-state index in [1.807, 2.05) is 18.2 Å². The third-order valence-electron chi connectivity index (χ3n) is 3.17. The number of carbonyl (C=O) groups excluding carboxylic acids is 1. The number of aliphatic carboxylic acids is 1. The van der Waals surface area contributed by atoms with E-state index < -0.39 is 17.8 Å². The fourth-order valence-electron chi connectivity index (χ4n) is 1.98. The Morgan fingerprint density at radius 1 is 1.18 bits per heavy atom. The number of nitrogens with two attached hydrogens (primary N) is 1. The second-order valence-electron chi connectivity index (χ2n) is 4.96. The van der Waals surface area contributed by atoms with Gasteiger partial charge in [0.15, 0.2) is 0 Å². The number of primary amides is 1. The summed E-state index contributed by atoms with van der Waals surface area (Å²) in [6.07, 6.45) is 1.64. The Morgan fingerprint density at radius 3 is 2.55 bits per heavy atom. The molecular formula is C16H23NO4Se. The number of amides is 1. The van der Waals surface area contributed by atoms with Gasteiger partial charge in [-0.25, -0.2) is 0 Å². The third-order valence-corrected chi connectivity index (χ3v) is 5.22. The minimum atomic E-state index is -0.867. The summed E-state index contributed by atoms with van der Waals surface area (Å²) in [5.41, 5.74) is 5.04. The van der Waals surface area contributed by atoms with Crippen LogP contribution in [0.2, 0.25) is 5.32 Å². The van der Waals surface area contributed by atoms with Crippen molar-refractivity contribution in [2.24, 2.45) is 11.7 Å². The monoisotopic (exact) mass is 373 g/mol. The standard InChI is InChI=1S/C16H23NO4Se/c17-15(18)9-8-13(16(19)20)5-4-10-21-11-12-22-14-6-2-1-3-7-14/h1-3,6-7,13H,4-5,8-12H2,(H2,17,18)(H,19,20). The van der Waals surface area contributed by atoms with Crippen LogP contribution in [0.1, 0.15) is 25.7 Å². The van der Waals surface area contributed by atoms with Crippen LogP contribution in [0.5, 0.6) is 0 Å². The van der Waals surface area contributed by atoms with Crippen molar-refractivity contribution in [3.63, 3.8) is 0 Å². The molecule has 122 valence electrons. The average molecular weight is 372 g/mol. The van der Waals surface area contributed by atoms with E-state index in [0.717, 1.165) is 5.32 Å². The van der Waals surface area contributed by atoms with E-state index in [2.05, 4.69) is 12.1 Å². The average Bonchev–Trinajstić information content (AvgIpc) is 2.49. The van der Waals surface area contributed by atoms with E-state index in [1.54, 1.807) is 0 Å². The van der Waals surface area contributed by atoms with Crippen molar-refractivity contribution in [1.29, 1.82) is 0 Å². The predicted octanol–water partition coefficient (Wildman–Crippen LogP) is 1.20. The van der Waals surface area contributed by atoms with Gasteiger partial charge in [0.05, 0.1) is 0 Å². The first-order valence-corrected chi connectivity index (χ1v) is 9.43. The molecule has 1 amide bonds. The summed E-state index contributed by atoms with van der Waals surface area (Å²) in [5, 5.41) is 10.1. The summed E-state index contributed by atoms with van der Waals surface area (Å²) < 4.78 is 6.90. The van der Waals surface area contributed by atoms with Crippen LogP contribution in [0, 0.1) is 5.92 Å². The van der Waals surface area contributed by atoms with E-state index in [4.69, 9.17) is 15.6 Å². The Kier molecular flexibility index (Phi) is 9.55. The maximum absolute atomic E-state index is 11.0. The van der Waals surface area contributed by atoms with Gasteiger partial charge in [0, 0.05) is 0 Å². The van der Waals surface area contributed by atoms with Crippen LogP contribution in [-0.2, 0) is 14.3 Å². The van der Waals surface area contributed by atoms with E-state index in [-0.39, 0.29) is 6.42 Å². The molecule has 0 fully saturated rings. The molecule has 22 heavy (non-hydrogen) atoms. The predicted molar refractivity (Wildman–Crippen MR) is 86.2 cm³/mol. The van der Waals surface area contributed by atoms with E-state index >= 15 is 0 Å². The molecule has 0 saturated carbocycles. The van der Waals surface area contributed by atoms with Gasteiger partial charge in [-0.1, -0.05) is 0 Å². The Hall–Kier alpha value is -1.36. The summed E-state index contributed by atoms with van der Waals surface area (Å²) in [6, 6.07) is 10.3. The van der Waals surface area contributed by atoms with E-state index in [1.165, 1.54) is 4.46 Å². The second-order valence-corrected chi connectivity index (χ2v) is 7.41. The number of carbonyl (C=O) groups is 2. The number of carboxylic acid groups (broad SMARTS) is 1. The van der Waals surface area contributed by atoms with Crippen LogP contribution in [0.25, 0.3) is 0 Å². The molecule has 0 spiro atoms. The van der Waals surface area contributed by atoms with Crippen molar-refractivity contribution >= 4 is 31.3 Å². The summed E-state index contributed by atoms with van der Waals surface area (Å²) in [6.45, 7) is 1.26. The Morgan fingerprint density at radius 2 is 1.91 bits per heavy atom.